The van der Waals surface area contributed by atoms with Crippen LogP contribution in [0.1, 0.15) is 46.5 Å². The van der Waals surface area contributed by atoms with Crippen molar-refractivity contribution in [2.45, 2.75) is 46.5 Å². The van der Waals surface area contributed by atoms with Crippen molar-refractivity contribution in [1.29, 1.82) is 0 Å². The molecule has 0 aromatic heterocycles. The van der Waals surface area contributed by atoms with E-state index in [1.165, 1.54) is 25.7 Å². The minimum atomic E-state index is 0.379. The molecule has 0 amide bonds. The highest BCUT2D eigenvalue weighted by molar-refractivity contribution is 4.92. The summed E-state index contributed by atoms with van der Waals surface area (Å²) >= 11 is 0. The first-order valence-corrected chi connectivity index (χ1v) is 4.76. The smallest absolute Gasteiger partial charge is 0.0203 e. The van der Waals surface area contributed by atoms with Crippen molar-refractivity contribution in [2.75, 3.05) is 0 Å². The Hall–Kier alpha value is -0.260. The van der Waals surface area contributed by atoms with E-state index in [-0.39, 0.29) is 0 Å². The van der Waals surface area contributed by atoms with Crippen LogP contribution in [0.2, 0.25) is 0 Å². The van der Waals surface area contributed by atoms with E-state index in [1.807, 2.05) is 0 Å². The van der Waals surface area contributed by atoms with Gasteiger partial charge < -0.3 is 0 Å². The largest absolute Gasteiger partial charge is 0.0880 e. The van der Waals surface area contributed by atoms with Crippen LogP contribution in [0, 0.1) is 11.3 Å². The zero-order chi connectivity index (χ0) is 8.32. The van der Waals surface area contributed by atoms with Crippen LogP contribution < -0.4 is 0 Å². The first-order valence-electron chi connectivity index (χ1n) is 4.76. The topological polar surface area (TPSA) is 0 Å². The summed E-state index contributed by atoms with van der Waals surface area (Å²) in [6.45, 7) is 6.75. The molecule has 1 rings (SSSR count). The zero-order valence-corrected chi connectivity index (χ0v) is 8.06. The van der Waals surface area contributed by atoms with Gasteiger partial charge in [-0.05, 0) is 24.2 Å². The molecular formula is C11H20. The molecule has 1 aliphatic carbocycles. The quantitative estimate of drug-likeness (QED) is 0.540. The lowest BCUT2D eigenvalue weighted by molar-refractivity contribution is 0.541. The van der Waals surface area contributed by atoms with Gasteiger partial charge in [0.2, 0.25) is 0 Å². The third kappa shape index (κ3) is 5.06. The monoisotopic (exact) mass is 152 g/mol. The molecule has 0 heterocycles. The normalized spacial score (nSPS) is 19.5. The Bertz CT molecular complexity index is 133. The SMILES string of the molecule is CC(C)(C)C=CCCC1CC1. The maximum atomic E-state index is 2.35. The Morgan fingerprint density at radius 1 is 1.27 bits per heavy atom. The van der Waals surface area contributed by atoms with E-state index in [0.29, 0.717) is 5.41 Å². The lowest BCUT2D eigenvalue weighted by atomic mass is 9.96. The number of allylic oxidation sites excluding steroid dienone is 2. The van der Waals surface area contributed by atoms with Gasteiger partial charge in [0.05, 0.1) is 0 Å². The molecule has 0 heteroatoms. The van der Waals surface area contributed by atoms with Gasteiger partial charge in [-0.1, -0.05) is 45.8 Å². The summed E-state index contributed by atoms with van der Waals surface area (Å²) in [7, 11) is 0. The fourth-order valence-corrected chi connectivity index (χ4v) is 1.18. The molecule has 0 unspecified atom stereocenters. The van der Waals surface area contributed by atoms with Gasteiger partial charge in [0.1, 0.15) is 0 Å². The van der Waals surface area contributed by atoms with Gasteiger partial charge >= 0.3 is 0 Å². The van der Waals surface area contributed by atoms with Gasteiger partial charge in [-0.3, -0.25) is 0 Å². The molecule has 0 saturated heterocycles. The van der Waals surface area contributed by atoms with Crippen LogP contribution in [0.15, 0.2) is 12.2 Å². The highest BCUT2D eigenvalue weighted by atomic mass is 14.2. The van der Waals surface area contributed by atoms with E-state index >= 15 is 0 Å². The lowest BCUT2D eigenvalue weighted by Gasteiger charge is -2.10. The molecule has 0 spiro atoms. The molecule has 1 saturated carbocycles. The molecule has 0 aromatic rings. The molecule has 0 atom stereocenters. The van der Waals surface area contributed by atoms with Crippen LogP contribution in [0.4, 0.5) is 0 Å². The predicted molar refractivity (Wildman–Crippen MR) is 50.6 cm³/mol. The van der Waals surface area contributed by atoms with Gasteiger partial charge in [-0.2, -0.15) is 0 Å². The minimum Gasteiger partial charge on any atom is -0.0880 e. The summed E-state index contributed by atoms with van der Waals surface area (Å²) in [4.78, 5) is 0. The molecule has 64 valence electrons. The van der Waals surface area contributed by atoms with Crippen molar-refractivity contribution in [2.24, 2.45) is 11.3 Å². The van der Waals surface area contributed by atoms with E-state index in [9.17, 15) is 0 Å². The Labute approximate surface area is 70.7 Å². The molecular weight excluding hydrogens is 132 g/mol. The first kappa shape index (κ1) is 8.83. The Morgan fingerprint density at radius 2 is 1.91 bits per heavy atom. The van der Waals surface area contributed by atoms with Gasteiger partial charge in [0.25, 0.3) is 0 Å². The highest BCUT2D eigenvalue weighted by Crippen LogP contribution is 2.33. The van der Waals surface area contributed by atoms with Gasteiger partial charge in [0, 0.05) is 0 Å². The second-order valence-electron chi connectivity index (χ2n) is 4.79. The van der Waals surface area contributed by atoms with Crippen LogP contribution in [0.5, 0.6) is 0 Å². The van der Waals surface area contributed by atoms with Crippen LogP contribution >= 0.6 is 0 Å². The van der Waals surface area contributed by atoms with E-state index in [2.05, 4.69) is 32.9 Å². The van der Waals surface area contributed by atoms with Crippen LogP contribution in [-0.4, -0.2) is 0 Å². The third-order valence-corrected chi connectivity index (χ3v) is 2.06. The van der Waals surface area contributed by atoms with Crippen molar-refractivity contribution in [3.05, 3.63) is 12.2 Å². The van der Waals surface area contributed by atoms with Gasteiger partial charge in [-0.15, -0.1) is 0 Å². The molecule has 1 aliphatic rings. The second kappa shape index (κ2) is 3.42. The van der Waals surface area contributed by atoms with Crippen molar-refractivity contribution in [3.63, 3.8) is 0 Å². The summed E-state index contributed by atoms with van der Waals surface area (Å²) in [6, 6.07) is 0. The molecule has 11 heavy (non-hydrogen) atoms. The number of rotatable bonds is 3. The number of hydrogen-bond donors (Lipinski definition) is 0. The Morgan fingerprint density at radius 3 is 2.36 bits per heavy atom. The van der Waals surface area contributed by atoms with Gasteiger partial charge in [-0.25, -0.2) is 0 Å². The fourth-order valence-electron chi connectivity index (χ4n) is 1.18. The maximum Gasteiger partial charge on any atom is -0.0203 e. The fraction of sp³-hybridized carbons (Fsp3) is 0.818. The van der Waals surface area contributed by atoms with E-state index in [1.54, 1.807) is 0 Å². The van der Waals surface area contributed by atoms with Crippen LogP contribution in [0.3, 0.4) is 0 Å². The van der Waals surface area contributed by atoms with E-state index < -0.39 is 0 Å². The summed E-state index contributed by atoms with van der Waals surface area (Å²) in [5.74, 6) is 1.08. The maximum absolute atomic E-state index is 2.35. The molecule has 0 radical (unpaired) electrons. The molecule has 0 aliphatic heterocycles. The molecule has 0 bridgehead atoms. The minimum absolute atomic E-state index is 0.379. The lowest BCUT2D eigenvalue weighted by Crippen LogP contribution is -1.98. The van der Waals surface area contributed by atoms with Gasteiger partial charge in [0.15, 0.2) is 0 Å². The summed E-state index contributed by atoms with van der Waals surface area (Å²) < 4.78 is 0. The number of hydrogen-bond acceptors (Lipinski definition) is 0. The van der Waals surface area contributed by atoms with Crippen molar-refractivity contribution in [1.82, 2.24) is 0 Å². The van der Waals surface area contributed by atoms with Crippen molar-refractivity contribution in [3.8, 4) is 0 Å². The first-order chi connectivity index (χ1) is 5.08. The second-order valence-corrected chi connectivity index (χ2v) is 4.79. The van der Waals surface area contributed by atoms with Crippen molar-refractivity contribution >= 4 is 0 Å². The summed E-state index contributed by atoms with van der Waals surface area (Å²) in [5, 5.41) is 0. The van der Waals surface area contributed by atoms with Crippen LogP contribution in [-0.2, 0) is 0 Å². The highest BCUT2D eigenvalue weighted by Gasteiger charge is 2.19. The Kier molecular flexibility index (Phi) is 2.75. The molecule has 1 fully saturated rings. The summed E-state index contributed by atoms with van der Waals surface area (Å²) in [6.07, 6.45) is 10.4. The molecule has 0 nitrogen and oxygen atoms in total. The standard InChI is InChI=1S/C11H20/c1-11(2,3)9-5-4-6-10-7-8-10/h5,9-10H,4,6-8H2,1-3H3. The predicted octanol–water partition coefficient (Wildman–Crippen LogP) is 3.78. The average Bonchev–Trinajstić information content (AvgIpc) is 2.60. The Balaban J connectivity index is 2.04. The zero-order valence-electron chi connectivity index (χ0n) is 8.06. The molecule has 0 N–H and O–H groups in total. The summed E-state index contributed by atoms with van der Waals surface area (Å²) in [5.41, 5.74) is 0.379. The van der Waals surface area contributed by atoms with E-state index in [0.717, 1.165) is 5.92 Å². The van der Waals surface area contributed by atoms with E-state index in [4.69, 9.17) is 0 Å². The average molecular weight is 152 g/mol. The third-order valence-electron chi connectivity index (χ3n) is 2.06. The molecule has 0 aromatic carbocycles. The van der Waals surface area contributed by atoms with Crippen LogP contribution in [0.25, 0.3) is 0 Å². The van der Waals surface area contributed by atoms with Crippen molar-refractivity contribution < 1.29 is 0 Å².